The monoisotopic (exact) mass is 413 g/mol. The first kappa shape index (κ1) is 20.5. The number of nitrogens with one attached hydrogen (secondary N) is 1. The van der Waals surface area contributed by atoms with Gasteiger partial charge in [-0.1, -0.05) is 41.0 Å². The van der Waals surface area contributed by atoms with Crippen molar-refractivity contribution in [2.45, 2.75) is 111 Å². The highest BCUT2D eigenvalue weighted by atomic mass is 16.5. The average molecular weight is 414 g/mol. The summed E-state index contributed by atoms with van der Waals surface area (Å²) < 4.78 is 7.05. The van der Waals surface area contributed by atoms with Gasteiger partial charge in [0, 0.05) is 12.5 Å². The Morgan fingerprint density at radius 1 is 0.767 bits per heavy atom. The molecule has 4 saturated carbocycles. The van der Waals surface area contributed by atoms with Gasteiger partial charge in [-0.3, -0.25) is 5.32 Å². The van der Waals surface area contributed by atoms with E-state index in [-0.39, 0.29) is 5.72 Å². The van der Waals surface area contributed by atoms with Gasteiger partial charge in [-0.25, -0.2) is 0 Å². The number of hydrogen-bond donors (Lipinski definition) is 1. The molecule has 30 heavy (non-hydrogen) atoms. The van der Waals surface area contributed by atoms with Gasteiger partial charge in [0.25, 0.3) is 0 Å². The van der Waals surface area contributed by atoms with E-state index in [1.54, 1.807) is 0 Å². The predicted molar refractivity (Wildman–Crippen MR) is 123 cm³/mol. The number of piperidine rings is 1. The number of ether oxygens (including phenoxy) is 1. The third-order valence-electron chi connectivity index (χ3n) is 12.4. The highest BCUT2D eigenvalue weighted by Gasteiger charge is 2.68. The van der Waals surface area contributed by atoms with E-state index in [9.17, 15) is 0 Å². The quantitative estimate of drug-likeness (QED) is 0.480. The fourth-order valence-corrected chi connectivity index (χ4v) is 10.7. The molecule has 1 spiro atoms. The maximum atomic E-state index is 7.05. The average Bonchev–Trinajstić information content (AvgIpc) is 3.16. The third kappa shape index (κ3) is 2.62. The van der Waals surface area contributed by atoms with Crippen LogP contribution in [0.5, 0.6) is 0 Å². The highest BCUT2D eigenvalue weighted by molar-refractivity contribution is 5.16. The van der Waals surface area contributed by atoms with Crippen LogP contribution in [0.25, 0.3) is 0 Å². The second kappa shape index (κ2) is 6.72. The normalized spacial score (nSPS) is 62.5. The van der Waals surface area contributed by atoms with Crippen molar-refractivity contribution < 1.29 is 4.74 Å². The summed E-state index contributed by atoms with van der Waals surface area (Å²) in [7, 11) is 0. The lowest BCUT2D eigenvalue weighted by Crippen LogP contribution is -2.57. The summed E-state index contributed by atoms with van der Waals surface area (Å²) in [5, 5.41) is 3.92. The first-order valence-electron chi connectivity index (χ1n) is 13.7. The van der Waals surface area contributed by atoms with Crippen molar-refractivity contribution in [2.75, 3.05) is 6.54 Å². The Bertz CT molecular complexity index is 682. The maximum absolute atomic E-state index is 7.05. The summed E-state index contributed by atoms with van der Waals surface area (Å²) in [6.07, 6.45) is 15.0. The van der Waals surface area contributed by atoms with E-state index in [0.29, 0.717) is 22.9 Å². The minimum absolute atomic E-state index is 0.00415. The molecule has 0 unspecified atom stereocenters. The van der Waals surface area contributed by atoms with E-state index < -0.39 is 0 Å². The van der Waals surface area contributed by atoms with Gasteiger partial charge in [-0.2, -0.15) is 0 Å². The van der Waals surface area contributed by atoms with Crippen molar-refractivity contribution in [1.29, 1.82) is 0 Å². The molecule has 0 aromatic carbocycles. The Labute approximate surface area is 185 Å². The fourth-order valence-electron chi connectivity index (χ4n) is 10.7. The number of rotatable bonds is 0. The minimum atomic E-state index is -0.00415. The first-order chi connectivity index (χ1) is 14.3. The largest absolute Gasteiger partial charge is 0.357 e. The van der Waals surface area contributed by atoms with Crippen LogP contribution in [0.3, 0.4) is 0 Å². The zero-order valence-electron chi connectivity index (χ0n) is 20.4. The lowest BCUT2D eigenvalue weighted by Gasteiger charge is -2.61. The standard InChI is InChI=1S/C28H47NO/c1-17-8-11-26(4)20(14-17)6-7-21-22(26)10-12-27(5)23(21)15-24-25(27)19(3)28(30-24)13-9-18(2)16-29-28/h17-25,29H,6-16H2,1-5H3/t17-,18-,19+,20-,21+,22+,23+,24+,25+,26+,27+,28-/m1/s1. The summed E-state index contributed by atoms with van der Waals surface area (Å²) in [4.78, 5) is 0. The van der Waals surface area contributed by atoms with Crippen LogP contribution in [-0.2, 0) is 4.74 Å². The molecule has 0 radical (unpaired) electrons. The van der Waals surface area contributed by atoms with E-state index in [4.69, 9.17) is 4.74 Å². The van der Waals surface area contributed by atoms with Crippen LogP contribution in [0.1, 0.15) is 98.8 Å². The summed E-state index contributed by atoms with van der Waals surface area (Å²) in [5.41, 5.74) is 1.16. The van der Waals surface area contributed by atoms with Gasteiger partial charge in [-0.15, -0.1) is 0 Å². The number of hydrogen-bond acceptors (Lipinski definition) is 2. The van der Waals surface area contributed by atoms with E-state index in [0.717, 1.165) is 48.0 Å². The molecular weight excluding hydrogens is 366 g/mol. The molecule has 0 aromatic rings. The zero-order chi connectivity index (χ0) is 20.9. The van der Waals surface area contributed by atoms with Gasteiger partial charge in [0.2, 0.25) is 0 Å². The van der Waals surface area contributed by atoms with E-state index in [1.165, 1.54) is 64.2 Å². The summed E-state index contributed by atoms with van der Waals surface area (Å²) >= 11 is 0. The van der Waals surface area contributed by atoms with E-state index in [2.05, 4.69) is 39.9 Å². The van der Waals surface area contributed by atoms with Crippen LogP contribution >= 0.6 is 0 Å². The zero-order valence-corrected chi connectivity index (χ0v) is 20.4. The molecule has 6 rings (SSSR count). The SMILES string of the molecule is C[C@@H]1CC[C@@]2(NC1)O[C@H]1C[C@H]3[C@H]4CC[C@@H]5C[C@H](C)CC[C@]5(C)[C@H]4CC[C@]3(C)[C@H]1[C@@H]2C. The molecule has 6 fully saturated rings. The molecule has 12 atom stereocenters. The lowest BCUT2D eigenvalue weighted by molar-refractivity contribution is -0.135. The molecule has 2 aliphatic heterocycles. The van der Waals surface area contributed by atoms with Crippen LogP contribution < -0.4 is 5.32 Å². The Morgan fingerprint density at radius 2 is 1.53 bits per heavy atom. The van der Waals surface area contributed by atoms with Crippen LogP contribution in [0.15, 0.2) is 0 Å². The topological polar surface area (TPSA) is 21.3 Å². The van der Waals surface area contributed by atoms with Crippen molar-refractivity contribution in [1.82, 2.24) is 5.32 Å². The lowest BCUT2D eigenvalue weighted by atomic mass is 9.44. The number of fused-ring (bicyclic) bond motifs is 7. The van der Waals surface area contributed by atoms with E-state index >= 15 is 0 Å². The Morgan fingerprint density at radius 3 is 2.30 bits per heavy atom. The Balaban J connectivity index is 1.26. The van der Waals surface area contributed by atoms with Crippen LogP contribution in [0.4, 0.5) is 0 Å². The Hall–Kier alpha value is -0.0800. The molecule has 0 aromatic heterocycles. The molecule has 170 valence electrons. The third-order valence-corrected chi connectivity index (χ3v) is 12.4. The van der Waals surface area contributed by atoms with Gasteiger partial charge in [0.05, 0.1) is 6.10 Å². The molecule has 6 aliphatic rings. The van der Waals surface area contributed by atoms with Gasteiger partial charge in [0.15, 0.2) is 0 Å². The van der Waals surface area contributed by atoms with Gasteiger partial charge >= 0.3 is 0 Å². The Kier molecular flexibility index (Phi) is 4.60. The molecule has 4 aliphatic carbocycles. The molecule has 0 bridgehead atoms. The van der Waals surface area contributed by atoms with Crippen LogP contribution in [0.2, 0.25) is 0 Å². The molecule has 2 heterocycles. The summed E-state index contributed by atoms with van der Waals surface area (Å²) in [5.74, 6) is 7.14. The molecule has 0 amide bonds. The second-order valence-corrected chi connectivity index (χ2v) is 13.7. The maximum Gasteiger partial charge on any atom is 0.122 e. The molecular formula is C28H47NO. The van der Waals surface area contributed by atoms with Crippen molar-refractivity contribution in [2.24, 2.45) is 58.2 Å². The van der Waals surface area contributed by atoms with E-state index in [1.807, 2.05) is 0 Å². The van der Waals surface area contributed by atoms with Crippen LogP contribution in [-0.4, -0.2) is 18.4 Å². The summed E-state index contributed by atoms with van der Waals surface area (Å²) in [6.45, 7) is 14.0. The van der Waals surface area contributed by atoms with Crippen molar-refractivity contribution in [3.05, 3.63) is 0 Å². The van der Waals surface area contributed by atoms with Crippen molar-refractivity contribution >= 4 is 0 Å². The fraction of sp³-hybridized carbons (Fsp3) is 1.00. The second-order valence-electron chi connectivity index (χ2n) is 13.7. The molecule has 2 saturated heterocycles. The van der Waals surface area contributed by atoms with Gasteiger partial charge < -0.3 is 4.74 Å². The highest BCUT2D eigenvalue weighted by Crippen LogP contribution is 2.71. The van der Waals surface area contributed by atoms with Crippen molar-refractivity contribution in [3.63, 3.8) is 0 Å². The van der Waals surface area contributed by atoms with Crippen molar-refractivity contribution in [3.8, 4) is 0 Å². The van der Waals surface area contributed by atoms with Gasteiger partial charge in [0.1, 0.15) is 5.72 Å². The molecule has 2 heteroatoms. The summed E-state index contributed by atoms with van der Waals surface area (Å²) in [6, 6.07) is 0. The first-order valence-corrected chi connectivity index (χ1v) is 13.7. The molecule has 1 N–H and O–H groups in total. The van der Waals surface area contributed by atoms with Gasteiger partial charge in [-0.05, 0) is 110 Å². The smallest absolute Gasteiger partial charge is 0.122 e. The predicted octanol–water partition coefficient (Wildman–Crippen LogP) is 6.64. The minimum Gasteiger partial charge on any atom is -0.357 e. The molecule has 2 nitrogen and oxygen atoms in total. The van der Waals surface area contributed by atoms with Crippen LogP contribution in [0, 0.1) is 58.2 Å².